The second-order valence-electron chi connectivity index (χ2n) is 5.91. The Kier molecular flexibility index (Phi) is 5.60. The first-order valence-electron chi connectivity index (χ1n) is 7.72. The summed E-state index contributed by atoms with van der Waals surface area (Å²) in [4.78, 5) is 14.5. The van der Waals surface area contributed by atoms with Gasteiger partial charge in [0.15, 0.2) is 0 Å². The molecule has 1 aliphatic rings. The Morgan fingerprint density at radius 1 is 1.30 bits per heavy atom. The topological polar surface area (TPSA) is 32.3 Å². The first-order chi connectivity index (χ1) is 9.70. The Morgan fingerprint density at radius 3 is 2.75 bits per heavy atom. The first-order valence-corrected chi connectivity index (χ1v) is 7.72. The summed E-state index contributed by atoms with van der Waals surface area (Å²) in [5.74, 6) is 0.818. The second-order valence-corrected chi connectivity index (χ2v) is 5.91. The average Bonchev–Trinajstić information content (AvgIpc) is 2.47. The van der Waals surface area contributed by atoms with Gasteiger partial charge in [0.1, 0.15) is 0 Å². The molecule has 1 aliphatic heterocycles. The van der Waals surface area contributed by atoms with E-state index in [4.69, 9.17) is 0 Å². The van der Waals surface area contributed by atoms with Crippen LogP contribution >= 0.6 is 0 Å². The highest BCUT2D eigenvalue weighted by atomic mass is 16.1. The number of amides is 1. The predicted octanol–water partition coefficient (Wildman–Crippen LogP) is 2.64. The van der Waals surface area contributed by atoms with Crippen LogP contribution in [0.2, 0.25) is 0 Å². The molecule has 2 unspecified atom stereocenters. The Bertz CT molecular complexity index is 418. The highest BCUT2D eigenvalue weighted by Gasteiger charge is 2.30. The third-order valence-electron chi connectivity index (χ3n) is 4.10. The van der Waals surface area contributed by atoms with Gasteiger partial charge in [-0.3, -0.25) is 4.79 Å². The van der Waals surface area contributed by atoms with Gasteiger partial charge < -0.3 is 10.2 Å². The molecule has 1 fully saturated rings. The Labute approximate surface area is 122 Å². The fraction of sp³-hybridized carbons (Fsp3) is 0.588. The molecule has 0 saturated carbocycles. The fourth-order valence-corrected chi connectivity index (χ4v) is 3.01. The lowest BCUT2D eigenvalue weighted by atomic mass is 9.84. The first kappa shape index (κ1) is 15.0. The second kappa shape index (κ2) is 7.44. The minimum absolute atomic E-state index is 0.121. The van der Waals surface area contributed by atoms with Gasteiger partial charge in [-0.15, -0.1) is 0 Å². The van der Waals surface area contributed by atoms with Gasteiger partial charge in [-0.05, 0) is 31.4 Å². The van der Waals surface area contributed by atoms with E-state index in [9.17, 15) is 4.79 Å². The number of unbranched alkanes of at least 4 members (excludes halogenated alkanes) is 1. The van der Waals surface area contributed by atoms with Crippen LogP contribution in [0.3, 0.4) is 0 Å². The molecular weight excluding hydrogens is 248 g/mol. The third-order valence-corrected chi connectivity index (χ3v) is 4.10. The summed E-state index contributed by atoms with van der Waals surface area (Å²) < 4.78 is 0. The van der Waals surface area contributed by atoms with Gasteiger partial charge in [0.2, 0.25) is 5.91 Å². The Hall–Kier alpha value is -1.35. The zero-order valence-corrected chi connectivity index (χ0v) is 12.6. The molecule has 20 heavy (non-hydrogen) atoms. The number of carbonyl (C=O) groups is 1. The van der Waals surface area contributed by atoms with Crippen LogP contribution in [0, 0.1) is 5.92 Å². The molecule has 1 heterocycles. The largest absolute Gasteiger partial charge is 0.356 e. The van der Waals surface area contributed by atoms with E-state index in [0.29, 0.717) is 5.92 Å². The number of nitrogens with zero attached hydrogens (tertiary/aromatic N) is 1. The summed E-state index contributed by atoms with van der Waals surface area (Å²) in [5.41, 5.74) is 1.35. The molecule has 0 aliphatic carbocycles. The predicted molar refractivity (Wildman–Crippen MR) is 82.7 cm³/mol. The lowest BCUT2D eigenvalue weighted by molar-refractivity contribution is -0.126. The van der Waals surface area contributed by atoms with E-state index in [1.807, 2.05) is 6.07 Å². The van der Waals surface area contributed by atoms with Crippen LogP contribution < -0.4 is 5.32 Å². The summed E-state index contributed by atoms with van der Waals surface area (Å²) in [7, 11) is 2.11. The number of carbonyl (C=O) groups excluding carboxylic acids is 1. The number of likely N-dealkylation sites (tertiary alicyclic amines) is 1. The summed E-state index contributed by atoms with van der Waals surface area (Å²) in [6.07, 6.45) is 3.15. The number of hydrogen-bond donors (Lipinski definition) is 1. The summed E-state index contributed by atoms with van der Waals surface area (Å²) in [6, 6.07) is 10.6. The van der Waals surface area contributed by atoms with E-state index < -0.39 is 0 Å². The van der Waals surface area contributed by atoms with Crippen LogP contribution in [0.5, 0.6) is 0 Å². The lowest BCUT2D eigenvalue weighted by Crippen LogP contribution is -2.44. The number of likely N-dealkylation sites (N-methyl/N-ethyl adjacent to an activating group) is 1. The van der Waals surface area contributed by atoms with Crippen molar-refractivity contribution in [3.8, 4) is 0 Å². The number of nitrogens with one attached hydrogen (secondary N) is 1. The lowest BCUT2D eigenvalue weighted by Gasteiger charge is -2.35. The van der Waals surface area contributed by atoms with Crippen LogP contribution in [0.25, 0.3) is 0 Å². The monoisotopic (exact) mass is 274 g/mol. The van der Waals surface area contributed by atoms with Crippen molar-refractivity contribution >= 4 is 5.91 Å². The number of rotatable bonds is 5. The molecule has 1 amide bonds. The maximum Gasteiger partial charge on any atom is 0.224 e. The summed E-state index contributed by atoms with van der Waals surface area (Å²) >= 11 is 0. The highest BCUT2D eigenvalue weighted by molar-refractivity contribution is 5.79. The van der Waals surface area contributed by atoms with Crippen molar-refractivity contribution < 1.29 is 4.79 Å². The van der Waals surface area contributed by atoms with Crippen molar-refractivity contribution in [2.45, 2.75) is 32.1 Å². The molecule has 0 radical (unpaired) electrons. The van der Waals surface area contributed by atoms with E-state index in [1.54, 1.807) is 0 Å². The molecule has 1 aromatic carbocycles. The molecule has 0 spiro atoms. The number of piperidine rings is 1. The molecule has 0 aromatic heterocycles. The van der Waals surface area contributed by atoms with E-state index >= 15 is 0 Å². The maximum absolute atomic E-state index is 12.3. The van der Waals surface area contributed by atoms with Gasteiger partial charge in [-0.2, -0.15) is 0 Å². The Morgan fingerprint density at radius 2 is 2.05 bits per heavy atom. The SMILES string of the molecule is CCCCNC(=O)C1CC(c2ccccc2)CN(C)C1. The van der Waals surface area contributed by atoms with E-state index in [1.165, 1.54) is 5.56 Å². The van der Waals surface area contributed by atoms with Gasteiger partial charge in [0.25, 0.3) is 0 Å². The molecule has 1 saturated heterocycles. The highest BCUT2D eigenvalue weighted by Crippen LogP contribution is 2.29. The number of hydrogen-bond acceptors (Lipinski definition) is 2. The zero-order valence-electron chi connectivity index (χ0n) is 12.6. The van der Waals surface area contributed by atoms with E-state index in [0.717, 1.165) is 38.9 Å². The van der Waals surface area contributed by atoms with Crippen LogP contribution in [0.4, 0.5) is 0 Å². The molecule has 3 heteroatoms. The average molecular weight is 274 g/mol. The quantitative estimate of drug-likeness (QED) is 0.837. The maximum atomic E-state index is 12.3. The van der Waals surface area contributed by atoms with Crippen molar-refractivity contribution in [2.24, 2.45) is 5.92 Å². The molecule has 1 N–H and O–H groups in total. The van der Waals surface area contributed by atoms with Crippen LogP contribution in [-0.2, 0) is 4.79 Å². The van der Waals surface area contributed by atoms with Crippen molar-refractivity contribution in [3.05, 3.63) is 35.9 Å². The minimum atomic E-state index is 0.121. The smallest absolute Gasteiger partial charge is 0.224 e. The van der Waals surface area contributed by atoms with Crippen LogP contribution in [0.1, 0.15) is 37.7 Å². The van der Waals surface area contributed by atoms with E-state index in [-0.39, 0.29) is 11.8 Å². The van der Waals surface area contributed by atoms with Gasteiger partial charge in [0.05, 0.1) is 5.92 Å². The molecular formula is C17H26N2O. The summed E-state index contributed by atoms with van der Waals surface area (Å²) in [6.45, 7) is 4.88. The van der Waals surface area contributed by atoms with Crippen molar-refractivity contribution in [1.29, 1.82) is 0 Å². The number of benzene rings is 1. The van der Waals surface area contributed by atoms with Gasteiger partial charge in [-0.25, -0.2) is 0 Å². The van der Waals surface area contributed by atoms with Crippen molar-refractivity contribution in [3.63, 3.8) is 0 Å². The molecule has 3 nitrogen and oxygen atoms in total. The molecule has 2 rings (SSSR count). The summed E-state index contributed by atoms with van der Waals surface area (Å²) in [5, 5.41) is 3.08. The van der Waals surface area contributed by atoms with Crippen LogP contribution in [0.15, 0.2) is 30.3 Å². The van der Waals surface area contributed by atoms with Crippen molar-refractivity contribution in [1.82, 2.24) is 10.2 Å². The molecule has 2 atom stereocenters. The fourth-order valence-electron chi connectivity index (χ4n) is 3.01. The molecule has 1 aromatic rings. The normalized spacial score (nSPS) is 23.5. The standard InChI is InChI=1S/C17H26N2O/c1-3-4-10-18-17(20)16-11-15(12-19(2)13-16)14-8-6-5-7-9-14/h5-9,15-16H,3-4,10-13H2,1-2H3,(H,18,20). The van der Waals surface area contributed by atoms with Crippen molar-refractivity contribution in [2.75, 3.05) is 26.7 Å². The zero-order chi connectivity index (χ0) is 14.4. The van der Waals surface area contributed by atoms with E-state index in [2.05, 4.69) is 48.5 Å². The Balaban J connectivity index is 1.96. The molecule has 0 bridgehead atoms. The van der Waals surface area contributed by atoms with Gasteiger partial charge in [0, 0.05) is 19.6 Å². The molecule has 110 valence electrons. The van der Waals surface area contributed by atoms with Gasteiger partial charge >= 0.3 is 0 Å². The minimum Gasteiger partial charge on any atom is -0.356 e. The third kappa shape index (κ3) is 4.07. The van der Waals surface area contributed by atoms with Gasteiger partial charge in [-0.1, -0.05) is 43.7 Å². The van der Waals surface area contributed by atoms with Crippen LogP contribution in [-0.4, -0.2) is 37.5 Å².